The number of pyridine rings is 1. The van der Waals surface area contributed by atoms with Gasteiger partial charge in [0.05, 0.1) is 12.1 Å². The third-order valence-corrected chi connectivity index (χ3v) is 3.95. The van der Waals surface area contributed by atoms with E-state index < -0.39 is 11.7 Å². The van der Waals surface area contributed by atoms with Crippen molar-refractivity contribution in [2.24, 2.45) is 4.99 Å². The highest BCUT2D eigenvalue weighted by Gasteiger charge is 2.18. The van der Waals surface area contributed by atoms with E-state index >= 15 is 0 Å². The third-order valence-electron chi connectivity index (χ3n) is 3.95. The van der Waals surface area contributed by atoms with Gasteiger partial charge in [-0.15, -0.1) is 0 Å². The number of benzene rings is 1. The summed E-state index contributed by atoms with van der Waals surface area (Å²) < 4.78 is 14.0. The van der Waals surface area contributed by atoms with E-state index in [9.17, 15) is 9.18 Å². The zero-order valence-corrected chi connectivity index (χ0v) is 12.6. The Morgan fingerprint density at radius 1 is 1.35 bits per heavy atom. The molecule has 2 aromatic rings. The summed E-state index contributed by atoms with van der Waals surface area (Å²) in [4.78, 5) is 20.4. The summed E-state index contributed by atoms with van der Waals surface area (Å²) in [5.41, 5.74) is 3.54. The quantitative estimate of drug-likeness (QED) is 0.926. The molecule has 2 heterocycles. The second-order valence-corrected chi connectivity index (χ2v) is 5.33. The molecule has 0 fully saturated rings. The number of aromatic nitrogens is 1. The molecule has 1 aliphatic rings. The molecule has 23 heavy (non-hydrogen) atoms. The minimum absolute atomic E-state index is 0.219. The standard InChI is InChI=1S/C17H13FN4O/c1-9-10(2)16(21-7-12(9)5-19)17(23)22-13-3-11-6-20-8-14(11)15(18)4-13/h3-4,6-7H,8H2,1-2H3,(H,22,23). The van der Waals surface area contributed by atoms with Gasteiger partial charge in [0.15, 0.2) is 0 Å². The summed E-state index contributed by atoms with van der Waals surface area (Å²) in [7, 11) is 0. The van der Waals surface area contributed by atoms with Crippen molar-refractivity contribution in [2.75, 3.05) is 5.32 Å². The smallest absolute Gasteiger partial charge is 0.274 e. The summed E-state index contributed by atoms with van der Waals surface area (Å²) >= 11 is 0. The number of hydrogen-bond donors (Lipinski definition) is 1. The van der Waals surface area contributed by atoms with Gasteiger partial charge >= 0.3 is 0 Å². The van der Waals surface area contributed by atoms with Crippen molar-refractivity contribution in [3.8, 4) is 6.07 Å². The average Bonchev–Trinajstić information content (AvgIpc) is 2.98. The van der Waals surface area contributed by atoms with E-state index in [4.69, 9.17) is 5.26 Å². The molecule has 0 atom stereocenters. The SMILES string of the molecule is Cc1c(C#N)cnc(C(=O)Nc2cc(F)c3c(c2)C=NC3)c1C. The number of rotatable bonds is 2. The van der Waals surface area contributed by atoms with Crippen LogP contribution in [0.5, 0.6) is 0 Å². The molecule has 0 aliphatic carbocycles. The fourth-order valence-corrected chi connectivity index (χ4v) is 2.48. The van der Waals surface area contributed by atoms with Crippen LogP contribution in [0.4, 0.5) is 10.1 Å². The van der Waals surface area contributed by atoms with Gasteiger partial charge < -0.3 is 5.32 Å². The Morgan fingerprint density at radius 2 is 2.13 bits per heavy atom. The summed E-state index contributed by atoms with van der Waals surface area (Å²) in [6.07, 6.45) is 2.95. The molecule has 3 rings (SSSR count). The summed E-state index contributed by atoms with van der Waals surface area (Å²) in [5.74, 6) is -0.833. The van der Waals surface area contributed by atoms with Crippen LogP contribution in [-0.4, -0.2) is 17.1 Å². The lowest BCUT2D eigenvalue weighted by molar-refractivity contribution is 0.102. The number of hydrogen-bond acceptors (Lipinski definition) is 4. The van der Waals surface area contributed by atoms with E-state index in [1.54, 1.807) is 26.1 Å². The average molecular weight is 308 g/mol. The van der Waals surface area contributed by atoms with Crippen molar-refractivity contribution >= 4 is 17.8 Å². The Balaban J connectivity index is 1.91. The Hall–Kier alpha value is -3.07. The lowest BCUT2D eigenvalue weighted by atomic mass is 10.0. The second-order valence-electron chi connectivity index (χ2n) is 5.33. The minimum Gasteiger partial charge on any atom is -0.321 e. The van der Waals surface area contributed by atoms with E-state index in [2.05, 4.69) is 15.3 Å². The first kappa shape index (κ1) is 14.9. The number of aliphatic imine (C=N–C) groups is 1. The molecule has 6 heteroatoms. The van der Waals surface area contributed by atoms with Crippen LogP contribution < -0.4 is 5.32 Å². The molecule has 0 saturated carbocycles. The fourth-order valence-electron chi connectivity index (χ4n) is 2.48. The van der Waals surface area contributed by atoms with Gasteiger partial charge in [0, 0.05) is 29.2 Å². The Kier molecular flexibility index (Phi) is 3.62. The number of carbonyl (C=O) groups is 1. The predicted octanol–water partition coefficient (Wildman–Crippen LogP) is 2.89. The molecule has 5 nitrogen and oxygen atoms in total. The normalized spacial score (nSPS) is 11.9. The first-order valence-electron chi connectivity index (χ1n) is 7.01. The summed E-state index contributed by atoms with van der Waals surface area (Å²) in [6, 6.07) is 4.98. The van der Waals surface area contributed by atoms with Crippen LogP contribution in [0, 0.1) is 31.0 Å². The summed E-state index contributed by atoms with van der Waals surface area (Å²) in [5, 5.41) is 11.6. The van der Waals surface area contributed by atoms with Crippen LogP contribution in [0.1, 0.15) is 38.3 Å². The van der Waals surface area contributed by atoms with Gasteiger partial charge in [0.1, 0.15) is 17.6 Å². The number of fused-ring (bicyclic) bond motifs is 1. The van der Waals surface area contributed by atoms with Crippen molar-refractivity contribution in [3.05, 3.63) is 57.7 Å². The molecule has 114 valence electrons. The fraction of sp³-hybridized carbons (Fsp3) is 0.176. The lowest BCUT2D eigenvalue weighted by Crippen LogP contribution is -2.16. The van der Waals surface area contributed by atoms with Gasteiger partial charge in [0.25, 0.3) is 5.91 Å². The molecule has 1 aromatic heterocycles. The first-order valence-corrected chi connectivity index (χ1v) is 7.01. The van der Waals surface area contributed by atoms with Gasteiger partial charge in [-0.1, -0.05) is 0 Å². The Labute approximate surface area is 132 Å². The minimum atomic E-state index is -0.440. The maximum Gasteiger partial charge on any atom is 0.274 e. The predicted molar refractivity (Wildman–Crippen MR) is 84.1 cm³/mol. The Morgan fingerprint density at radius 3 is 2.87 bits per heavy atom. The molecule has 1 N–H and O–H groups in total. The molecule has 0 bridgehead atoms. The van der Waals surface area contributed by atoms with Gasteiger partial charge in [-0.2, -0.15) is 5.26 Å². The van der Waals surface area contributed by atoms with Crippen molar-refractivity contribution in [3.63, 3.8) is 0 Å². The molecule has 1 aliphatic heterocycles. The molecule has 0 unspecified atom stereocenters. The number of amides is 1. The van der Waals surface area contributed by atoms with Crippen molar-refractivity contribution in [1.29, 1.82) is 5.26 Å². The van der Waals surface area contributed by atoms with Crippen molar-refractivity contribution < 1.29 is 9.18 Å². The van der Waals surface area contributed by atoms with E-state index in [-0.39, 0.29) is 5.69 Å². The zero-order chi connectivity index (χ0) is 16.6. The van der Waals surface area contributed by atoms with Crippen LogP contribution in [0.2, 0.25) is 0 Å². The number of nitrogens with zero attached hydrogens (tertiary/aromatic N) is 3. The monoisotopic (exact) mass is 308 g/mol. The van der Waals surface area contributed by atoms with E-state index in [1.165, 1.54) is 12.3 Å². The third kappa shape index (κ3) is 2.57. The van der Waals surface area contributed by atoms with Gasteiger partial charge in [0.2, 0.25) is 0 Å². The maximum atomic E-state index is 14.0. The topological polar surface area (TPSA) is 78.1 Å². The number of anilines is 1. The van der Waals surface area contributed by atoms with E-state index in [0.29, 0.717) is 40.0 Å². The number of nitriles is 1. The first-order chi connectivity index (χ1) is 11.0. The van der Waals surface area contributed by atoms with Gasteiger partial charge in [-0.3, -0.25) is 9.79 Å². The molecule has 0 radical (unpaired) electrons. The van der Waals surface area contributed by atoms with Gasteiger partial charge in [-0.05, 0) is 37.1 Å². The van der Waals surface area contributed by atoms with Crippen LogP contribution in [0.15, 0.2) is 23.3 Å². The number of nitrogens with one attached hydrogen (secondary N) is 1. The van der Waals surface area contributed by atoms with Crippen LogP contribution in [-0.2, 0) is 6.54 Å². The lowest BCUT2D eigenvalue weighted by Gasteiger charge is -2.11. The van der Waals surface area contributed by atoms with Crippen molar-refractivity contribution in [2.45, 2.75) is 20.4 Å². The van der Waals surface area contributed by atoms with E-state index in [0.717, 1.165) is 0 Å². The van der Waals surface area contributed by atoms with Crippen LogP contribution in [0.25, 0.3) is 0 Å². The molecular weight excluding hydrogens is 295 g/mol. The molecule has 0 spiro atoms. The second kappa shape index (κ2) is 5.61. The molecule has 0 saturated heterocycles. The van der Waals surface area contributed by atoms with Crippen LogP contribution in [0.3, 0.4) is 0 Å². The highest BCUT2D eigenvalue weighted by atomic mass is 19.1. The largest absolute Gasteiger partial charge is 0.321 e. The highest BCUT2D eigenvalue weighted by molar-refractivity contribution is 6.04. The van der Waals surface area contributed by atoms with Crippen molar-refractivity contribution in [1.82, 2.24) is 4.98 Å². The maximum absolute atomic E-state index is 14.0. The number of carbonyl (C=O) groups excluding carboxylic acids is 1. The number of halogens is 1. The highest BCUT2D eigenvalue weighted by Crippen LogP contribution is 2.24. The molecular formula is C17H13FN4O. The van der Waals surface area contributed by atoms with E-state index in [1.807, 2.05) is 6.07 Å². The zero-order valence-electron chi connectivity index (χ0n) is 12.6. The molecule has 1 aromatic carbocycles. The summed E-state index contributed by atoms with van der Waals surface area (Å²) in [6.45, 7) is 3.82. The Bertz CT molecular complexity index is 896. The molecule has 1 amide bonds. The van der Waals surface area contributed by atoms with Gasteiger partial charge in [-0.25, -0.2) is 9.37 Å². The van der Waals surface area contributed by atoms with Crippen LogP contribution >= 0.6 is 0 Å².